The number of benzene rings is 1. The van der Waals surface area contributed by atoms with Crippen molar-refractivity contribution in [2.75, 3.05) is 31.9 Å². The van der Waals surface area contributed by atoms with Gasteiger partial charge < -0.3 is 19.1 Å². The van der Waals surface area contributed by atoms with Gasteiger partial charge in [-0.1, -0.05) is 0 Å². The Kier molecular flexibility index (Phi) is 3.67. The minimum absolute atomic E-state index is 0.239. The van der Waals surface area contributed by atoms with E-state index in [2.05, 4.69) is 9.88 Å². The SMILES string of the molecule is COc1cc2c(cc1-c1nc(N3CCCC3)nc(C)c1C)OCO2. The summed E-state index contributed by atoms with van der Waals surface area (Å²) < 4.78 is 16.6. The van der Waals surface area contributed by atoms with Crippen molar-refractivity contribution in [1.82, 2.24) is 9.97 Å². The molecule has 2 aliphatic heterocycles. The number of hydrogen-bond acceptors (Lipinski definition) is 6. The number of aryl methyl sites for hydroxylation is 1. The van der Waals surface area contributed by atoms with E-state index in [0.29, 0.717) is 5.75 Å². The van der Waals surface area contributed by atoms with E-state index in [4.69, 9.17) is 19.2 Å². The fraction of sp³-hybridized carbons (Fsp3) is 0.444. The smallest absolute Gasteiger partial charge is 0.231 e. The van der Waals surface area contributed by atoms with Crippen LogP contribution in [0, 0.1) is 13.8 Å². The summed E-state index contributed by atoms with van der Waals surface area (Å²) in [6, 6.07) is 3.81. The zero-order valence-electron chi connectivity index (χ0n) is 14.3. The Morgan fingerprint density at radius 1 is 1.04 bits per heavy atom. The molecular weight excluding hydrogens is 306 g/mol. The van der Waals surface area contributed by atoms with Crippen molar-refractivity contribution < 1.29 is 14.2 Å². The number of ether oxygens (including phenoxy) is 3. The molecule has 0 radical (unpaired) electrons. The van der Waals surface area contributed by atoms with Crippen LogP contribution in [-0.2, 0) is 0 Å². The van der Waals surface area contributed by atoms with Gasteiger partial charge in [0.25, 0.3) is 0 Å². The summed E-state index contributed by atoms with van der Waals surface area (Å²) in [7, 11) is 1.66. The topological polar surface area (TPSA) is 56.7 Å². The maximum atomic E-state index is 5.58. The van der Waals surface area contributed by atoms with Gasteiger partial charge in [0, 0.05) is 30.4 Å². The molecule has 0 N–H and O–H groups in total. The summed E-state index contributed by atoms with van der Waals surface area (Å²) in [6.45, 7) is 6.34. The second kappa shape index (κ2) is 5.85. The van der Waals surface area contributed by atoms with Gasteiger partial charge in [0.15, 0.2) is 11.5 Å². The van der Waals surface area contributed by atoms with E-state index in [9.17, 15) is 0 Å². The van der Waals surface area contributed by atoms with Crippen LogP contribution in [-0.4, -0.2) is 37.0 Å². The van der Waals surface area contributed by atoms with Crippen LogP contribution < -0.4 is 19.1 Å². The van der Waals surface area contributed by atoms with Crippen molar-refractivity contribution in [2.24, 2.45) is 0 Å². The average Bonchev–Trinajstić information content (AvgIpc) is 3.26. The van der Waals surface area contributed by atoms with Crippen molar-refractivity contribution in [3.8, 4) is 28.5 Å². The fourth-order valence-corrected chi connectivity index (χ4v) is 3.21. The van der Waals surface area contributed by atoms with E-state index in [1.54, 1.807) is 7.11 Å². The van der Waals surface area contributed by atoms with Crippen LogP contribution in [0.4, 0.5) is 5.95 Å². The van der Waals surface area contributed by atoms with E-state index >= 15 is 0 Å². The molecule has 6 nitrogen and oxygen atoms in total. The molecule has 0 aliphatic carbocycles. The first-order valence-corrected chi connectivity index (χ1v) is 8.25. The van der Waals surface area contributed by atoms with E-state index in [1.165, 1.54) is 12.8 Å². The second-order valence-corrected chi connectivity index (χ2v) is 6.18. The lowest BCUT2D eigenvalue weighted by Gasteiger charge is -2.19. The Labute approximate surface area is 141 Å². The van der Waals surface area contributed by atoms with Gasteiger partial charge >= 0.3 is 0 Å². The van der Waals surface area contributed by atoms with Crippen LogP contribution in [0.15, 0.2) is 12.1 Å². The highest BCUT2D eigenvalue weighted by Crippen LogP contribution is 2.43. The molecule has 1 aromatic heterocycles. The molecule has 0 bridgehead atoms. The quantitative estimate of drug-likeness (QED) is 0.863. The van der Waals surface area contributed by atoms with Gasteiger partial charge in [0.05, 0.1) is 12.8 Å². The number of aromatic nitrogens is 2. The Hall–Kier alpha value is -2.50. The van der Waals surface area contributed by atoms with Crippen molar-refractivity contribution in [3.63, 3.8) is 0 Å². The Balaban J connectivity index is 1.86. The summed E-state index contributed by atoms with van der Waals surface area (Å²) in [4.78, 5) is 11.8. The van der Waals surface area contributed by atoms with Crippen LogP contribution in [0.2, 0.25) is 0 Å². The molecular formula is C18H21N3O3. The molecule has 24 heavy (non-hydrogen) atoms. The average molecular weight is 327 g/mol. The maximum Gasteiger partial charge on any atom is 0.231 e. The lowest BCUT2D eigenvalue weighted by atomic mass is 10.0. The molecule has 126 valence electrons. The van der Waals surface area contributed by atoms with Crippen LogP contribution in [0.25, 0.3) is 11.3 Å². The second-order valence-electron chi connectivity index (χ2n) is 6.18. The molecule has 4 rings (SSSR count). The molecule has 6 heteroatoms. The van der Waals surface area contributed by atoms with E-state index in [0.717, 1.165) is 53.1 Å². The molecule has 0 amide bonds. The number of nitrogens with zero attached hydrogens (tertiary/aromatic N) is 3. The fourth-order valence-electron chi connectivity index (χ4n) is 3.21. The molecule has 1 aromatic carbocycles. The largest absolute Gasteiger partial charge is 0.496 e. The van der Waals surface area contributed by atoms with Crippen LogP contribution >= 0.6 is 0 Å². The minimum atomic E-state index is 0.239. The molecule has 1 saturated heterocycles. The van der Waals surface area contributed by atoms with Gasteiger partial charge in [-0.3, -0.25) is 0 Å². The number of fused-ring (bicyclic) bond motifs is 1. The molecule has 0 spiro atoms. The lowest BCUT2D eigenvalue weighted by molar-refractivity contribution is 0.174. The van der Waals surface area contributed by atoms with Crippen LogP contribution in [0.1, 0.15) is 24.1 Å². The number of anilines is 1. The molecule has 0 unspecified atom stereocenters. The van der Waals surface area contributed by atoms with Crippen LogP contribution in [0.5, 0.6) is 17.2 Å². The van der Waals surface area contributed by atoms with Gasteiger partial charge in [0.1, 0.15) is 5.75 Å². The third kappa shape index (κ3) is 2.42. The Morgan fingerprint density at radius 3 is 2.46 bits per heavy atom. The highest BCUT2D eigenvalue weighted by atomic mass is 16.7. The maximum absolute atomic E-state index is 5.58. The standard InChI is InChI=1S/C18H21N3O3/c1-11-12(2)19-18(21-6-4-5-7-21)20-17(11)13-8-15-16(24-10-23-15)9-14(13)22-3/h8-9H,4-7,10H2,1-3H3. The molecule has 0 atom stereocenters. The highest BCUT2D eigenvalue weighted by Gasteiger charge is 2.23. The highest BCUT2D eigenvalue weighted by molar-refractivity contribution is 5.75. The molecule has 0 saturated carbocycles. The predicted molar refractivity (Wildman–Crippen MR) is 91.1 cm³/mol. The predicted octanol–water partition coefficient (Wildman–Crippen LogP) is 3.10. The van der Waals surface area contributed by atoms with E-state index in [1.807, 2.05) is 26.0 Å². The number of rotatable bonds is 3. The van der Waals surface area contributed by atoms with Crippen molar-refractivity contribution in [2.45, 2.75) is 26.7 Å². The summed E-state index contributed by atoms with van der Waals surface area (Å²) >= 11 is 0. The minimum Gasteiger partial charge on any atom is -0.496 e. The summed E-state index contributed by atoms with van der Waals surface area (Å²) in [5.41, 5.74) is 3.83. The van der Waals surface area contributed by atoms with Crippen molar-refractivity contribution in [1.29, 1.82) is 0 Å². The van der Waals surface area contributed by atoms with Crippen molar-refractivity contribution >= 4 is 5.95 Å². The first-order valence-electron chi connectivity index (χ1n) is 8.25. The van der Waals surface area contributed by atoms with Gasteiger partial charge in [-0.15, -0.1) is 0 Å². The number of methoxy groups -OCH3 is 1. The summed E-state index contributed by atoms with van der Waals surface area (Å²) in [5, 5.41) is 0. The summed E-state index contributed by atoms with van der Waals surface area (Å²) in [5.74, 6) is 2.96. The van der Waals surface area contributed by atoms with Crippen molar-refractivity contribution in [3.05, 3.63) is 23.4 Å². The number of hydrogen-bond donors (Lipinski definition) is 0. The molecule has 2 aromatic rings. The first-order chi connectivity index (χ1) is 11.7. The first kappa shape index (κ1) is 15.1. The summed E-state index contributed by atoms with van der Waals surface area (Å²) in [6.07, 6.45) is 2.39. The zero-order valence-corrected chi connectivity index (χ0v) is 14.3. The van der Waals surface area contributed by atoms with Gasteiger partial charge in [-0.2, -0.15) is 0 Å². The van der Waals surface area contributed by atoms with Gasteiger partial charge in [0.2, 0.25) is 12.7 Å². The van der Waals surface area contributed by atoms with E-state index in [-0.39, 0.29) is 6.79 Å². The Morgan fingerprint density at radius 2 is 1.75 bits per heavy atom. The third-order valence-electron chi connectivity index (χ3n) is 4.72. The monoisotopic (exact) mass is 327 g/mol. The van der Waals surface area contributed by atoms with Gasteiger partial charge in [-0.25, -0.2) is 9.97 Å². The lowest BCUT2D eigenvalue weighted by Crippen LogP contribution is -2.21. The third-order valence-corrected chi connectivity index (χ3v) is 4.72. The van der Waals surface area contributed by atoms with Gasteiger partial charge in [-0.05, 0) is 38.3 Å². The normalized spacial score (nSPS) is 15.9. The zero-order chi connectivity index (χ0) is 16.7. The molecule has 2 aliphatic rings. The van der Waals surface area contributed by atoms with Crippen LogP contribution in [0.3, 0.4) is 0 Å². The molecule has 3 heterocycles. The molecule has 1 fully saturated rings. The van der Waals surface area contributed by atoms with E-state index < -0.39 is 0 Å². The Bertz CT molecular complexity index is 786.